The largest absolute Gasteiger partial charge is 0.309 e. The summed E-state index contributed by atoms with van der Waals surface area (Å²) in [5.41, 5.74) is 8.39. The number of aromatic nitrogens is 3. The van der Waals surface area contributed by atoms with E-state index in [4.69, 9.17) is 0 Å². The van der Waals surface area contributed by atoms with Crippen LogP contribution in [-0.4, -0.2) is 26.7 Å². The Morgan fingerprint density at radius 3 is 2.38 bits per heavy atom. The van der Waals surface area contributed by atoms with Gasteiger partial charge in [0.15, 0.2) is 0 Å². The number of hydrogen-bond acceptors (Lipinski definition) is 2. The van der Waals surface area contributed by atoms with Gasteiger partial charge in [0.05, 0.1) is 34.0 Å². The molecule has 4 heteroatoms. The van der Waals surface area contributed by atoms with Gasteiger partial charge in [0.1, 0.15) is 0 Å². The van der Waals surface area contributed by atoms with Crippen molar-refractivity contribution in [3.63, 3.8) is 0 Å². The van der Waals surface area contributed by atoms with E-state index >= 15 is 0 Å². The average molecular weight is 477 g/mol. The molecule has 0 amide bonds. The van der Waals surface area contributed by atoms with Gasteiger partial charge in [-0.2, -0.15) is 0 Å². The van der Waals surface area contributed by atoms with E-state index in [1.54, 1.807) is 0 Å². The van der Waals surface area contributed by atoms with Gasteiger partial charge in [0, 0.05) is 51.6 Å². The summed E-state index contributed by atoms with van der Waals surface area (Å²) in [7, 11) is 0. The molecule has 4 nitrogen and oxygen atoms in total. The van der Waals surface area contributed by atoms with Crippen LogP contribution in [0.5, 0.6) is 0 Å². The second kappa shape index (κ2) is 7.40. The molecule has 0 bridgehead atoms. The molecule has 0 radical (unpaired) electrons. The van der Waals surface area contributed by atoms with E-state index in [9.17, 15) is 0 Å². The number of pyridine rings is 1. The Bertz CT molecular complexity index is 2180. The third-order valence-electron chi connectivity index (χ3n) is 7.86. The highest BCUT2D eigenvalue weighted by Gasteiger charge is 2.25. The van der Waals surface area contributed by atoms with Crippen molar-refractivity contribution in [3.8, 4) is 5.69 Å². The number of para-hydroxylation sites is 1. The molecule has 4 aromatic carbocycles. The highest BCUT2D eigenvalue weighted by atomic mass is 15.0. The Kier molecular flexibility index (Phi) is 4.10. The maximum Gasteiger partial charge on any atom is 0.0726 e. The minimum absolute atomic E-state index is 0.756. The summed E-state index contributed by atoms with van der Waals surface area (Å²) in [6.45, 7) is 5.05. The lowest BCUT2D eigenvalue weighted by Crippen LogP contribution is -1.94. The molecular weight excluding hydrogens is 452 g/mol. The topological polar surface area (TPSA) is 34.6 Å². The van der Waals surface area contributed by atoms with Crippen molar-refractivity contribution < 1.29 is 0 Å². The quantitative estimate of drug-likeness (QED) is 0.237. The van der Waals surface area contributed by atoms with Crippen LogP contribution in [0.3, 0.4) is 0 Å². The fourth-order valence-electron chi connectivity index (χ4n) is 6.25. The van der Waals surface area contributed by atoms with Gasteiger partial charge >= 0.3 is 0 Å². The standard InChI is InChI=1S/C33H24N4/c1-3-34-18-29-20(2)25-17-27-26-15-21-9-7-8-10-22(21)16-28(26)36(23-11-5-4-6-12-23)33(27)31-24-13-14-35-19-30(24)37(29)32(25)31/h4-19H,3H2,1-2H3. The van der Waals surface area contributed by atoms with Crippen LogP contribution >= 0.6 is 0 Å². The van der Waals surface area contributed by atoms with Crippen molar-refractivity contribution in [2.24, 2.45) is 4.99 Å². The first-order valence-corrected chi connectivity index (χ1v) is 12.8. The molecular formula is C33H24N4. The number of aryl methyl sites for hydroxylation is 1. The number of rotatable bonds is 3. The van der Waals surface area contributed by atoms with Crippen molar-refractivity contribution >= 4 is 66.0 Å². The second-order valence-corrected chi connectivity index (χ2v) is 9.80. The minimum atomic E-state index is 0.756. The molecule has 8 aromatic rings. The molecule has 4 aromatic heterocycles. The van der Waals surface area contributed by atoms with Gasteiger partial charge in [0.2, 0.25) is 0 Å². The SMILES string of the molecule is CCN=Cc1c(C)c2cc3c4cc5ccccc5cc4n(-c4ccccc4)c3c3c4ccncc4n1c23. The lowest BCUT2D eigenvalue weighted by molar-refractivity contribution is 1.13. The number of nitrogens with zero attached hydrogens (tertiary/aromatic N) is 4. The van der Waals surface area contributed by atoms with E-state index in [0.29, 0.717) is 0 Å². The van der Waals surface area contributed by atoms with Gasteiger partial charge in [-0.25, -0.2) is 0 Å². The number of aliphatic imine (C=N–C) groups is 1. The molecule has 0 aliphatic carbocycles. The molecule has 0 N–H and O–H groups in total. The summed E-state index contributed by atoms with van der Waals surface area (Å²) in [5, 5.41) is 8.82. The lowest BCUT2D eigenvalue weighted by atomic mass is 10.0. The van der Waals surface area contributed by atoms with Crippen molar-refractivity contribution in [1.29, 1.82) is 0 Å². The lowest BCUT2D eigenvalue weighted by Gasteiger charge is -2.09. The van der Waals surface area contributed by atoms with Crippen LogP contribution in [0.2, 0.25) is 0 Å². The number of benzene rings is 4. The predicted molar refractivity (Wildman–Crippen MR) is 156 cm³/mol. The molecule has 37 heavy (non-hydrogen) atoms. The first kappa shape index (κ1) is 20.5. The molecule has 8 rings (SSSR count). The molecule has 0 atom stereocenters. The summed E-state index contributed by atoms with van der Waals surface area (Å²) < 4.78 is 4.82. The smallest absolute Gasteiger partial charge is 0.0726 e. The van der Waals surface area contributed by atoms with Gasteiger partial charge in [-0.1, -0.05) is 42.5 Å². The Morgan fingerprint density at radius 2 is 1.57 bits per heavy atom. The fraction of sp³-hybridized carbons (Fsp3) is 0.0909. The van der Waals surface area contributed by atoms with Crippen LogP contribution < -0.4 is 0 Å². The Balaban J connectivity index is 1.71. The van der Waals surface area contributed by atoms with E-state index < -0.39 is 0 Å². The van der Waals surface area contributed by atoms with Crippen molar-refractivity contribution in [3.05, 3.63) is 103 Å². The first-order valence-electron chi connectivity index (χ1n) is 12.8. The maximum absolute atomic E-state index is 4.64. The zero-order valence-corrected chi connectivity index (χ0v) is 20.7. The van der Waals surface area contributed by atoms with Crippen LogP contribution in [0.4, 0.5) is 0 Å². The van der Waals surface area contributed by atoms with Crippen molar-refractivity contribution in [2.45, 2.75) is 13.8 Å². The highest BCUT2D eigenvalue weighted by molar-refractivity contribution is 6.31. The second-order valence-electron chi connectivity index (χ2n) is 9.80. The molecule has 0 aliphatic rings. The van der Waals surface area contributed by atoms with Crippen LogP contribution in [0.1, 0.15) is 18.2 Å². The Hall–Kier alpha value is -4.70. The Labute approximate surface area is 213 Å². The highest BCUT2D eigenvalue weighted by Crippen LogP contribution is 2.45. The van der Waals surface area contributed by atoms with Gasteiger partial charge in [-0.3, -0.25) is 9.98 Å². The normalized spacial score (nSPS) is 12.6. The van der Waals surface area contributed by atoms with Crippen LogP contribution in [0, 0.1) is 6.92 Å². The summed E-state index contributed by atoms with van der Waals surface area (Å²) in [6.07, 6.45) is 5.93. The number of fused-ring (bicyclic) bond motifs is 8. The monoisotopic (exact) mass is 476 g/mol. The zero-order valence-electron chi connectivity index (χ0n) is 20.7. The third-order valence-corrected chi connectivity index (χ3v) is 7.86. The molecule has 0 aliphatic heterocycles. The molecule has 0 fully saturated rings. The van der Waals surface area contributed by atoms with E-state index in [1.807, 2.05) is 18.6 Å². The van der Waals surface area contributed by atoms with Crippen LogP contribution in [0.25, 0.3) is 65.5 Å². The van der Waals surface area contributed by atoms with Crippen molar-refractivity contribution in [1.82, 2.24) is 14.0 Å². The van der Waals surface area contributed by atoms with Gasteiger partial charge in [0.25, 0.3) is 0 Å². The minimum Gasteiger partial charge on any atom is -0.309 e. The van der Waals surface area contributed by atoms with Crippen LogP contribution in [-0.2, 0) is 0 Å². The van der Waals surface area contributed by atoms with Gasteiger partial charge < -0.3 is 8.97 Å². The molecule has 0 saturated carbocycles. The molecule has 0 unspecified atom stereocenters. The molecule has 0 saturated heterocycles. The van der Waals surface area contributed by atoms with Gasteiger partial charge in [-0.05, 0) is 66.6 Å². The summed E-state index contributed by atoms with van der Waals surface area (Å²) >= 11 is 0. The summed E-state index contributed by atoms with van der Waals surface area (Å²) in [5.74, 6) is 0. The van der Waals surface area contributed by atoms with Crippen molar-refractivity contribution in [2.75, 3.05) is 6.54 Å². The van der Waals surface area contributed by atoms with E-state index in [2.05, 4.69) is 112 Å². The molecule has 176 valence electrons. The van der Waals surface area contributed by atoms with E-state index in [1.165, 1.54) is 65.5 Å². The van der Waals surface area contributed by atoms with Gasteiger partial charge in [-0.15, -0.1) is 0 Å². The zero-order chi connectivity index (χ0) is 24.7. The third kappa shape index (κ3) is 2.62. The maximum atomic E-state index is 4.64. The predicted octanol–water partition coefficient (Wildman–Crippen LogP) is 8.08. The molecule has 4 heterocycles. The number of hydrogen-bond donors (Lipinski definition) is 0. The average Bonchev–Trinajstić information content (AvgIpc) is 3.54. The summed E-state index contributed by atoms with van der Waals surface area (Å²) in [4.78, 5) is 9.16. The summed E-state index contributed by atoms with van der Waals surface area (Å²) in [6, 6.07) is 28.7. The van der Waals surface area contributed by atoms with E-state index in [-0.39, 0.29) is 0 Å². The van der Waals surface area contributed by atoms with Crippen LogP contribution in [0.15, 0.2) is 96.2 Å². The molecule has 0 spiro atoms. The van der Waals surface area contributed by atoms with E-state index in [0.717, 1.165) is 17.8 Å². The Morgan fingerprint density at radius 1 is 0.784 bits per heavy atom. The first-order chi connectivity index (χ1) is 18.3. The fourth-order valence-corrected chi connectivity index (χ4v) is 6.25.